The van der Waals surface area contributed by atoms with Gasteiger partial charge in [-0.05, 0) is 61.0 Å². The summed E-state index contributed by atoms with van der Waals surface area (Å²) in [4.78, 5) is 12.2. The number of hydrogen-bond donors (Lipinski definition) is 1. The summed E-state index contributed by atoms with van der Waals surface area (Å²) in [7, 11) is 0. The van der Waals surface area contributed by atoms with Crippen LogP contribution < -0.4 is 14.9 Å². The lowest BCUT2D eigenvalue weighted by molar-refractivity contribution is 0.0955. The Balaban J connectivity index is 1.61. The molecule has 0 saturated heterocycles. The molecule has 1 amide bonds. The molecule has 0 aromatic heterocycles. The van der Waals surface area contributed by atoms with Gasteiger partial charge in [0.05, 0.1) is 24.5 Å². The van der Waals surface area contributed by atoms with Gasteiger partial charge in [0.1, 0.15) is 18.1 Å². The number of hydrogen-bond acceptors (Lipinski definition) is 5. The second-order valence-electron chi connectivity index (χ2n) is 6.30. The van der Waals surface area contributed by atoms with Crippen LogP contribution in [-0.2, 0) is 6.61 Å². The lowest BCUT2D eigenvalue weighted by Gasteiger charge is -2.09. The van der Waals surface area contributed by atoms with E-state index >= 15 is 0 Å². The fourth-order valence-corrected chi connectivity index (χ4v) is 2.70. The van der Waals surface area contributed by atoms with Crippen molar-refractivity contribution in [2.75, 3.05) is 6.61 Å². The van der Waals surface area contributed by atoms with Gasteiger partial charge < -0.3 is 9.47 Å². The van der Waals surface area contributed by atoms with Gasteiger partial charge in [-0.1, -0.05) is 24.3 Å². The van der Waals surface area contributed by atoms with Gasteiger partial charge in [0, 0.05) is 11.1 Å². The maximum absolute atomic E-state index is 12.2. The Kier molecular flexibility index (Phi) is 7.17. The molecule has 0 saturated carbocycles. The van der Waals surface area contributed by atoms with Gasteiger partial charge in [-0.25, -0.2) is 5.43 Å². The smallest absolute Gasteiger partial charge is 0.271 e. The van der Waals surface area contributed by atoms with Crippen LogP contribution in [0.15, 0.2) is 77.9 Å². The van der Waals surface area contributed by atoms with Gasteiger partial charge in [0.2, 0.25) is 0 Å². The van der Waals surface area contributed by atoms with Crippen molar-refractivity contribution in [1.29, 1.82) is 5.26 Å². The van der Waals surface area contributed by atoms with E-state index in [2.05, 4.69) is 16.6 Å². The molecule has 0 spiro atoms. The summed E-state index contributed by atoms with van der Waals surface area (Å²) in [6, 6.07) is 23.6. The molecule has 3 rings (SSSR count). The van der Waals surface area contributed by atoms with Gasteiger partial charge in [0.15, 0.2) is 0 Å². The number of ether oxygens (including phenoxy) is 2. The number of nitrogens with zero attached hydrogens (tertiary/aromatic N) is 2. The second-order valence-corrected chi connectivity index (χ2v) is 6.30. The Hall–Kier alpha value is -4.11. The maximum Gasteiger partial charge on any atom is 0.271 e. The molecule has 0 heterocycles. The number of amides is 1. The average molecular weight is 399 g/mol. The molecule has 30 heavy (non-hydrogen) atoms. The fraction of sp³-hybridized carbons (Fsp3) is 0.125. The van der Waals surface area contributed by atoms with E-state index in [4.69, 9.17) is 14.7 Å². The van der Waals surface area contributed by atoms with Crippen LogP contribution in [0.3, 0.4) is 0 Å². The van der Waals surface area contributed by atoms with Gasteiger partial charge >= 0.3 is 0 Å². The number of rotatable bonds is 8. The minimum atomic E-state index is -0.319. The maximum atomic E-state index is 12.2. The Bertz CT molecular complexity index is 1070. The fourth-order valence-electron chi connectivity index (χ4n) is 2.70. The van der Waals surface area contributed by atoms with Gasteiger partial charge in [-0.2, -0.15) is 10.4 Å². The number of hydrazone groups is 1. The van der Waals surface area contributed by atoms with Crippen molar-refractivity contribution in [3.05, 3.63) is 95.1 Å². The normalized spacial score (nSPS) is 10.4. The van der Waals surface area contributed by atoms with E-state index in [1.807, 2.05) is 43.3 Å². The van der Waals surface area contributed by atoms with Crippen LogP contribution in [-0.4, -0.2) is 18.7 Å². The monoisotopic (exact) mass is 399 g/mol. The van der Waals surface area contributed by atoms with E-state index in [-0.39, 0.29) is 5.91 Å². The molecular weight excluding hydrogens is 378 g/mol. The first-order valence-electron chi connectivity index (χ1n) is 9.46. The number of nitriles is 1. The predicted molar refractivity (Wildman–Crippen MR) is 115 cm³/mol. The summed E-state index contributed by atoms with van der Waals surface area (Å²) < 4.78 is 11.2. The van der Waals surface area contributed by atoms with E-state index in [0.717, 1.165) is 11.1 Å². The molecule has 6 heteroatoms. The number of carbonyl (C=O) groups excluding carboxylic acids is 1. The zero-order valence-corrected chi connectivity index (χ0v) is 16.5. The summed E-state index contributed by atoms with van der Waals surface area (Å²) in [5.74, 6) is 1.02. The molecule has 0 bridgehead atoms. The molecule has 0 unspecified atom stereocenters. The molecule has 1 N–H and O–H groups in total. The third kappa shape index (κ3) is 5.69. The Morgan fingerprint density at radius 3 is 2.63 bits per heavy atom. The van der Waals surface area contributed by atoms with Gasteiger partial charge in [-0.3, -0.25) is 4.79 Å². The SMILES string of the molecule is CCOc1ccc(C(=O)N/N=C\c2ccccc2OCc2cccc(C#N)c2)cc1. The van der Waals surface area contributed by atoms with E-state index in [1.54, 1.807) is 36.4 Å². The highest BCUT2D eigenvalue weighted by Gasteiger charge is 2.05. The van der Waals surface area contributed by atoms with Crippen molar-refractivity contribution in [2.45, 2.75) is 13.5 Å². The highest BCUT2D eigenvalue weighted by Crippen LogP contribution is 2.18. The van der Waals surface area contributed by atoms with E-state index in [0.29, 0.717) is 35.8 Å². The van der Waals surface area contributed by atoms with Crippen molar-refractivity contribution in [2.24, 2.45) is 5.10 Å². The summed E-state index contributed by atoms with van der Waals surface area (Å²) in [5, 5.41) is 13.0. The van der Waals surface area contributed by atoms with Crippen LogP contribution in [0.1, 0.15) is 34.0 Å². The third-order valence-electron chi connectivity index (χ3n) is 4.17. The van der Waals surface area contributed by atoms with Gasteiger partial charge in [0.25, 0.3) is 5.91 Å². The molecule has 0 fully saturated rings. The zero-order chi connectivity index (χ0) is 21.2. The van der Waals surface area contributed by atoms with Crippen molar-refractivity contribution >= 4 is 12.1 Å². The molecule has 0 aliphatic heterocycles. The topological polar surface area (TPSA) is 83.7 Å². The van der Waals surface area contributed by atoms with Crippen LogP contribution in [0.25, 0.3) is 0 Å². The van der Waals surface area contributed by atoms with Crippen molar-refractivity contribution in [1.82, 2.24) is 5.43 Å². The zero-order valence-electron chi connectivity index (χ0n) is 16.5. The molecule has 0 aliphatic rings. The molecule has 0 radical (unpaired) electrons. The number of benzene rings is 3. The van der Waals surface area contributed by atoms with E-state index < -0.39 is 0 Å². The molecule has 3 aromatic rings. The largest absolute Gasteiger partial charge is 0.494 e. The lowest BCUT2D eigenvalue weighted by Crippen LogP contribution is -2.17. The summed E-state index contributed by atoms with van der Waals surface area (Å²) in [6.45, 7) is 2.79. The molecule has 0 atom stereocenters. The third-order valence-corrected chi connectivity index (χ3v) is 4.17. The molecular formula is C24H21N3O3. The van der Waals surface area contributed by atoms with E-state index in [9.17, 15) is 4.79 Å². The summed E-state index contributed by atoms with van der Waals surface area (Å²) >= 11 is 0. The first-order valence-corrected chi connectivity index (χ1v) is 9.46. The molecule has 150 valence electrons. The van der Waals surface area contributed by atoms with Crippen molar-refractivity contribution in [3.63, 3.8) is 0 Å². The summed E-state index contributed by atoms with van der Waals surface area (Å²) in [6.07, 6.45) is 1.54. The standard InChI is InChI=1S/C24H21N3O3/c1-2-29-22-12-10-20(11-13-22)24(28)27-26-16-21-8-3-4-9-23(21)30-17-19-7-5-6-18(14-19)15-25/h3-14,16H,2,17H2,1H3,(H,27,28)/b26-16-. The van der Waals surface area contributed by atoms with Crippen LogP contribution in [0.4, 0.5) is 0 Å². The number of nitrogens with one attached hydrogen (secondary N) is 1. The minimum Gasteiger partial charge on any atom is -0.494 e. The lowest BCUT2D eigenvalue weighted by atomic mass is 10.1. The average Bonchev–Trinajstić information content (AvgIpc) is 2.79. The van der Waals surface area contributed by atoms with Crippen LogP contribution >= 0.6 is 0 Å². The molecule has 0 aliphatic carbocycles. The van der Waals surface area contributed by atoms with Crippen LogP contribution in [0, 0.1) is 11.3 Å². The first kappa shape index (κ1) is 20.6. The predicted octanol–water partition coefficient (Wildman–Crippen LogP) is 4.30. The second kappa shape index (κ2) is 10.4. The van der Waals surface area contributed by atoms with Crippen LogP contribution in [0.2, 0.25) is 0 Å². The Morgan fingerprint density at radius 1 is 1.07 bits per heavy atom. The number of carbonyl (C=O) groups is 1. The molecule has 6 nitrogen and oxygen atoms in total. The molecule has 3 aromatic carbocycles. The highest BCUT2D eigenvalue weighted by atomic mass is 16.5. The highest BCUT2D eigenvalue weighted by molar-refractivity contribution is 5.95. The summed E-state index contributed by atoms with van der Waals surface area (Å²) in [5.41, 5.74) is 5.20. The van der Waals surface area contributed by atoms with Crippen molar-refractivity contribution < 1.29 is 14.3 Å². The quantitative estimate of drug-likeness (QED) is 0.452. The Morgan fingerprint density at radius 2 is 1.87 bits per heavy atom. The first-order chi connectivity index (χ1) is 14.7. The van der Waals surface area contributed by atoms with E-state index in [1.165, 1.54) is 6.21 Å². The van der Waals surface area contributed by atoms with Crippen molar-refractivity contribution in [3.8, 4) is 17.6 Å². The Labute approximate surface area is 175 Å². The van der Waals surface area contributed by atoms with Gasteiger partial charge in [-0.15, -0.1) is 0 Å². The van der Waals surface area contributed by atoms with Crippen LogP contribution in [0.5, 0.6) is 11.5 Å². The minimum absolute atomic E-state index is 0.318. The number of para-hydroxylation sites is 1.